The van der Waals surface area contributed by atoms with Crippen LogP contribution in [0.2, 0.25) is 10.0 Å². The van der Waals surface area contributed by atoms with E-state index in [9.17, 15) is 4.79 Å². The molecule has 7 nitrogen and oxygen atoms in total. The monoisotopic (exact) mass is 550 g/mol. The Labute approximate surface area is 228 Å². The quantitative estimate of drug-likeness (QED) is 0.371. The summed E-state index contributed by atoms with van der Waals surface area (Å²) >= 11 is 14.5. The van der Waals surface area contributed by atoms with E-state index in [4.69, 9.17) is 23.2 Å². The van der Waals surface area contributed by atoms with E-state index in [0.29, 0.717) is 24.4 Å². The molecule has 3 aromatic heterocycles. The van der Waals surface area contributed by atoms with Gasteiger partial charge in [-0.2, -0.15) is 0 Å². The van der Waals surface area contributed by atoms with Gasteiger partial charge in [0.05, 0.1) is 28.8 Å². The number of thiophene rings is 1. The molecule has 1 aliphatic heterocycles. The largest absolute Gasteiger partial charge is 0.345 e. The minimum absolute atomic E-state index is 0.0865. The van der Waals surface area contributed by atoms with Gasteiger partial charge in [-0.25, -0.2) is 0 Å². The molecule has 0 radical (unpaired) electrons. The van der Waals surface area contributed by atoms with E-state index in [2.05, 4.69) is 36.4 Å². The molecule has 7 rings (SSSR count). The highest BCUT2D eigenvalue weighted by molar-refractivity contribution is 7.15. The molecule has 188 valence electrons. The van der Waals surface area contributed by atoms with E-state index in [1.807, 2.05) is 37.3 Å². The molecule has 1 saturated carbocycles. The highest BCUT2D eigenvalue weighted by Gasteiger charge is 2.48. The fraction of sp³-hybridized carbons (Fsp3) is 0.333. The maximum Gasteiger partial charge on any atom is 0.224 e. The maximum absolute atomic E-state index is 13.5. The van der Waals surface area contributed by atoms with Gasteiger partial charge >= 0.3 is 0 Å². The van der Waals surface area contributed by atoms with Gasteiger partial charge in [-0.05, 0) is 61.9 Å². The van der Waals surface area contributed by atoms with Crippen LogP contribution in [0.3, 0.4) is 0 Å². The second-order valence-corrected chi connectivity index (χ2v) is 12.0. The lowest BCUT2D eigenvalue weighted by Crippen LogP contribution is -2.39. The zero-order valence-electron chi connectivity index (χ0n) is 20.1. The number of pyridine rings is 1. The molecule has 1 amide bonds. The molecule has 10 heteroatoms. The van der Waals surface area contributed by atoms with Crippen LogP contribution in [0.1, 0.15) is 57.8 Å². The first-order valence-electron chi connectivity index (χ1n) is 12.4. The zero-order chi connectivity index (χ0) is 25.3. The summed E-state index contributed by atoms with van der Waals surface area (Å²) in [5.74, 6) is 1.71. The van der Waals surface area contributed by atoms with Crippen LogP contribution in [0.25, 0.3) is 5.00 Å². The van der Waals surface area contributed by atoms with Crippen LogP contribution in [0.15, 0.2) is 42.6 Å². The third kappa shape index (κ3) is 3.81. The smallest absolute Gasteiger partial charge is 0.224 e. The van der Waals surface area contributed by atoms with E-state index >= 15 is 0 Å². The molecule has 4 heterocycles. The Kier molecular flexibility index (Phi) is 5.44. The standard InChI is InChI=1S/C27H24Cl2N6OS/c1-14-33-34-22-13-31-24(17-4-2-3-5-19(17)29)23-18-10-15(11-20(18)37-26(23)35(14)22)25(36)32-27(8-9-27)21-7-6-16(28)12-30-21/h2-7,12,15,24,31H,8-11,13H2,1H3,(H,32,36)/t15-,24-/m1/s1. The Bertz CT molecular complexity index is 1540. The Morgan fingerprint density at radius 1 is 1.16 bits per heavy atom. The number of rotatable bonds is 4. The van der Waals surface area contributed by atoms with Crippen molar-refractivity contribution in [3.8, 4) is 5.00 Å². The van der Waals surface area contributed by atoms with Crippen molar-refractivity contribution in [3.63, 3.8) is 0 Å². The number of aryl methyl sites for hydroxylation is 1. The molecule has 0 bridgehead atoms. The first-order valence-corrected chi connectivity index (χ1v) is 14.0. The summed E-state index contributed by atoms with van der Waals surface area (Å²) in [7, 11) is 0. The van der Waals surface area contributed by atoms with Crippen molar-refractivity contribution in [1.82, 2.24) is 30.4 Å². The van der Waals surface area contributed by atoms with Crippen LogP contribution in [-0.4, -0.2) is 25.7 Å². The van der Waals surface area contributed by atoms with E-state index in [0.717, 1.165) is 45.8 Å². The van der Waals surface area contributed by atoms with Crippen LogP contribution >= 0.6 is 34.5 Å². The molecule has 0 unspecified atom stereocenters. The molecule has 1 fully saturated rings. The number of hydrogen-bond acceptors (Lipinski definition) is 6. The molecule has 2 N–H and O–H groups in total. The lowest BCUT2D eigenvalue weighted by atomic mass is 9.94. The van der Waals surface area contributed by atoms with Crippen molar-refractivity contribution < 1.29 is 4.79 Å². The highest BCUT2D eigenvalue weighted by Crippen LogP contribution is 2.48. The third-order valence-corrected chi connectivity index (χ3v) is 9.58. The SMILES string of the molecule is Cc1nnc2n1-c1sc3c(c1[C@@H](c1ccccc1Cl)NC2)C[C@@H](C(=O)NC1(c2ccc(Cl)cn2)CC1)C3. The topological polar surface area (TPSA) is 84.7 Å². The molecule has 37 heavy (non-hydrogen) atoms. The van der Waals surface area contributed by atoms with E-state index in [1.165, 1.54) is 16.0 Å². The van der Waals surface area contributed by atoms with Crippen LogP contribution < -0.4 is 10.6 Å². The summed E-state index contributed by atoms with van der Waals surface area (Å²) in [6, 6.07) is 11.6. The number of aromatic nitrogens is 4. The summed E-state index contributed by atoms with van der Waals surface area (Å²) < 4.78 is 2.16. The summed E-state index contributed by atoms with van der Waals surface area (Å²) in [6.45, 7) is 2.56. The number of amides is 1. The van der Waals surface area contributed by atoms with Crippen LogP contribution in [0, 0.1) is 12.8 Å². The minimum Gasteiger partial charge on any atom is -0.345 e. The van der Waals surface area contributed by atoms with E-state index < -0.39 is 0 Å². The number of nitrogens with one attached hydrogen (secondary N) is 2. The predicted octanol–water partition coefficient (Wildman–Crippen LogP) is 5.05. The fourth-order valence-corrected chi connectivity index (χ4v) is 7.59. The summed E-state index contributed by atoms with van der Waals surface area (Å²) in [5.41, 5.74) is 3.97. The summed E-state index contributed by atoms with van der Waals surface area (Å²) in [6.07, 6.45) is 4.84. The Hall–Kier alpha value is -2.78. The van der Waals surface area contributed by atoms with Gasteiger partial charge in [0, 0.05) is 27.6 Å². The molecule has 3 aliphatic rings. The van der Waals surface area contributed by atoms with Gasteiger partial charge in [-0.15, -0.1) is 21.5 Å². The Morgan fingerprint density at radius 3 is 2.76 bits per heavy atom. The van der Waals surface area contributed by atoms with E-state index in [-0.39, 0.29) is 23.4 Å². The summed E-state index contributed by atoms with van der Waals surface area (Å²) in [5, 5.41) is 18.2. The number of hydrogen-bond donors (Lipinski definition) is 2. The minimum atomic E-state index is -0.370. The molecule has 0 spiro atoms. The van der Waals surface area contributed by atoms with Gasteiger partial charge < -0.3 is 5.32 Å². The number of carbonyl (C=O) groups excluding carboxylic acids is 1. The van der Waals surface area contributed by atoms with Crippen LogP contribution in [0.5, 0.6) is 0 Å². The van der Waals surface area contributed by atoms with Crippen molar-refractivity contribution in [2.45, 2.75) is 50.7 Å². The Balaban J connectivity index is 1.23. The molecule has 2 aliphatic carbocycles. The first kappa shape index (κ1) is 23.3. The van der Waals surface area contributed by atoms with Gasteiger partial charge in [0.1, 0.15) is 10.8 Å². The lowest BCUT2D eigenvalue weighted by Gasteiger charge is -2.22. The van der Waals surface area contributed by atoms with Crippen molar-refractivity contribution in [1.29, 1.82) is 0 Å². The second kappa shape index (κ2) is 8.63. The van der Waals surface area contributed by atoms with Crippen LogP contribution in [0.4, 0.5) is 0 Å². The second-order valence-electron chi connectivity index (χ2n) is 10.1. The number of nitrogens with zero attached hydrogens (tertiary/aromatic N) is 4. The normalized spacial score (nSPS) is 21.1. The molecule has 0 saturated heterocycles. The highest BCUT2D eigenvalue weighted by atomic mass is 35.5. The van der Waals surface area contributed by atoms with Gasteiger partial charge in [-0.3, -0.25) is 19.7 Å². The van der Waals surface area contributed by atoms with Gasteiger partial charge in [0.25, 0.3) is 0 Å². The van der Waals surface area contributed by atoms with Crippen molar-refractivity contribution in [2.75, 3.05) is 0 Å². The number of benzene rings is 1. The van der Waals surface area contributed by atoms with Gasteiger partial charge in [-0.1, -0.05) is 41.4 Å². The lowest BCUT2D eigenvalue weighted by molar-refractivity contribution is -0.125. The van der Waals surface area contributed by atoms with E-state index in [1.54, 1.807) is 17.5 Å². The molecule has 1 aromatic carbocycles. The third-order valence-electron chi connectivity index (χ3n) is 7.76. The predicted molar refractivity (Wildman–Crippen MR) is 143 cm³/mol. The Morgan fingerprint density at radius 2 is 2.00 bits per heavy atom. The first-order chi connectivity index (χ1) is 17.9. The average molecular weight is 552 g/mol. The number of halogens is 2. The molecular weight excluding hydrogens is 527 g/mol. The van der Waals surface area contributed by atoms with Gasteiger partial charge in [0.2, 0.25) is 5.91 Å². The summed E-state index contributed by atoms with van der Waals surface area (Å²) in [4.78, 5) is 19.3. The van der Waals surface area contributed by atoms with Gasteiger partial charge in [0.15, 0.2) is 5.82 Å². The molecule has 4 aromatic rings. The van der Waals surface area contributed by atoms with Crippen molar-refractivity contribution >= 4 is 40.4 Å². The number of fused-ring (bicyclic) bond motifs is 5. The zero-order valence-corrected chi connectivity index (χ0v) is 22.4. The fourth-order valence-electron chi connectivity index (χ4n) is 5.71. The number of carbonyl (C=O) groups is 1. The van der Waals surface area contributed by atoms with Crippen molar-refractivity contribution in [2.24, 2.45) is 5.92 Å². The molecule has 2 atom stereocenters. The van der Waals surface area contributed by atoms with Crippen molar-refractivity contribution in [3.05, 3.63) is 91.6 Å². The van der Waals surface area contributed by atoms with Crippen LogP contribution in [-0.2, 0) is 29.7 Å². The maximum atomic E-state index is 13.5. The molecular formula is C27H24Cl2N6OS. The average Bonchev–Trinajstić information content (AvgIpc) is 3.27.